The van der Waals surface area contributed by atoms with Gasteiger partial charge in [-0.3, -0.25) is 4.79 Å². The van der Waals surface area contributed by atoms with Crippen LogP contribution in [0.15, 0.2) is 0 Å². The van der Waals surface area contributed by atoms with E-state index in [1.165, 1.54) is 6.92 Å². The summed E-state index contributed by atoms with van der Waals surface area (Å²) in [5.41, 5.74) is -0.363. The van der Waals surface area contributed by atoms with Crippen LogP contribution < -0.4 is 5.32 Å². The molecule has 4 nitrogen and oxygen atoms in total. The third-order valence-electron chi connectivity index (χ3n) is 1.75. The van der Waals surface area contributed by atoms with E-state index in [4.69, 9.17) is 9.47 Å². The van der Waals surface area contributed by atoms with Crippen LogP contribution in [0.2, 0.25) is 0 Å². The van der Waals surface area contributed by atoms with Gasteiger partial charge in [-0.15, -0.1) is 0 Å². The second kappa shape index (κ2) is 3.41. The molecular formula is C8H15NO3. The highest BCUT2D eigenvalue weighted by atomic mass is 16.7. The lowest BCUT2D eigenvalue weighted by Gasteiger charge is -2.36. The number of amides is 1. The summed E-state index contributed by atoms with van der Waals surface area (Å²) in [6.07, 6.45) is -0.160. The van der Waals surface area contributed by atoms with E-state index in [0.717, 1.165) is 0 Å². The third kappa shape index (κ3) is 2.46. The summed E-state index contributed by atoms with van der Waals surface area (Å²) in [6, 6.07) is 0. The van der Waals surface area contributed by atoms with E-state index in [9.17, 15) is 4.79 Å². The van der Waals surface area contributed by atoms with Crippen molar-refractivity contribution in [2.24, 2.45) is 0 Å². The van der Waals surface area contributed by atoms with Crippen LogP contribution in [0.4, 0.5) is 0 Å². The number of hydrogen-bond donors (Lipinski definition) is 1. The van der Waals surface area contributed by atoms with E-state index in [0.29, 0.717) is 13.2 Å². The molecule has 70 valence electrons. The largest absolute Gasteiger partial charge is 0.350 e. The Morgan fingerprint density at radius 3 is 2.42 bits per heavy atom. The molecule has 0 aromatic rings. The standard InChI is InChI=1S/C8H15NO3/c1-6(10)9-8(3)4-11-7(2)12-5-8/h7H,4-5H2,1-3H3,(H,9,10). The zero-order valence-corrected chi connectivity index (χ0v) is 7.72. The zero-order valence-electron chi connectivity index (χ0n) is 7.72. The molecule has 1 aliphatic heterocycles. The summed E-state index contributed by atoms with van der Waals surface area (Å²) in [5, 5.41) is 2.79. The lowest BCUT2D eigenvalue weighted by molar-refractivity contribution is -0.200. The first kappa shape index (κ1) is 9.48. The van der Waals surface area contributed by atoms with Crippen LogP contribution in [-0.2, 0) is 14.3 Å². The molecule has 0 atom stereocenters. The summed E-state index contributed by atoms with van der Waals surface area (Å²) < 4.78 is 10.5. The predicted molar refractivity (Wildman–Crippen MR) is 43.6 cm³/mol. The van der Waals surface area contributed by atoms with E-state index < -0.39 is 0 Å². The Bertz CT molecular complexity index is 173. The molecule has 0 aromatic heterocycles. The molecule has 1 amide bonds. The van der Waals surface area contributed by atoms with Gasteiger partial charge in [0.1, 0.15) is 0 Å². The topological polar surface area (TPSA) is 47.6 Å². The van der Waals surface area contributed by atoms with Crippen molar-refractivity contribution in [2.45, 2.75) is 32.6 Å². The van der Waals surface area contributed by atoms with Gasteiger partial charge in [-0.1, -0.05) is 0 Å². The van der Waals surface area contributed by atoms with Gasteiger partial charge in [-0.05, 0) is 13.8 Å². The van der Waals surface area contributed by atoms with Gasteiger partial charge in [0.25, 0.3) is 0 Å². The highest BCUT2D eigenvalue weighted by molar-refractivity contribution is 5.73. The smallest absolute Gasteiger partial charge is 0.217 e. The maximum absolute atomic E-state index is 10.8. The Kier molecular flexibility index (Phi) is 2.69. The first-order chi connectivity index (χ1) is 5.52. The SMILES string of the molecule is CC(=O)NC1(C)COC(C)OC1. The van der Waals surface area contributed by atoms with Crippen LogP contribution in [0, 0.1) is 0 Å². The van der Waals surface area contributed by atoms with Crippen LogP contribution in [0.25, 0.3) is 0 Å². The Hall–Kier alpha value is -0.610. The number of carbonyl (C=O) groups excluding carboxylic acids is 1. The quantitative estimate of drug-likeness (QED) is 0.619. The molecule has 0 bridgehead atoms. The van der Waals surface area contributed by atoms with Crippen LogP contribution in [0.3, 0.4) is 0 Å². The minimum atomic E-state index is -0.363. The molecule has 1 aliphatic rings. The molecule has 1 rings (SSSR count). The van der Waals surface area contributed by atoms with Gasteiger partial charge < -0.3 is 14.8 Å². The third-order valence-corrected chi connectivity index (χ3v) is 1.75. The number of carbonyl (C=O) groups is 1. The Balaban J connectivity index is 2.44. The Labute approximate surface area is 72.2 Å². The average molecular weight is 173 g/mol. The normalized spacial score (nSPS) is 36.1. The second-order valence-electron chi connectivity index (χ2n) is 3.43. The minimum absolute atomic E-state index is 0.0562. The second-order valence-corrected chi connectivity index (χ2v) is 3.43. The van der Waals surface area contributed by atoms with E-state index in [1.54, 1.807) is 0 Å². The molecule has 0 unspecified atom stereocenters. The van der Waals surface area contributed by atoms with Crippen LogP contribution in [0.1, 0.15) is 20.8 Å². The van der Waals surface area contributed by atoms with Crippen LogP contribution in [-0.4, -0.2) is 30.9 Å². The summed E-state index contributed by atoms with van der Waals surface area (Å²) in [7, 11) is 0. The first-order valence-electron chi connectivity index (χ1n) is 4.04. The minimum Gasteiger partial charge on any atom is -0.350 e. The van der Waals surface area contributed by atoms with Crippen molar-refractivity contribution in [1.29, 1.82) is 0 Å². The molecule has 0 saturated carbocycles. The Morgan fingerprint density at radius 1 is 1.50 bits per heavy atom. The summed E-state index contributed by atoms with van der Waals surface area (Å²) >= 11 is 0. The maximum atomic E-state index is 10.8. The Morgan fingerprint density at radius 2 is 2.00 bits per heavy atom. The molecule has 1 heterocycles. The molecular weight excluding hydrogens is 158 g/mol. The van der Waals surface area contributed by atoms with Gasteiger partial charge >= 0.3 is 0 Å². The fraction of sp³-hybridized carbons (Fsp3) is 0.875. The molecule has 1 saturated heterocycles. The monoisotopic (exact) mass is 173 g/mol. The van der Waals surface area contributed by atoms with Crippen molar-refractivity contribution in [1.82, 2.24) is 5.32 Å². The molecule has 4 heteroatoms. The lowest BCUT2D eigenvalue weighted by atomic mass is 10.0. The molecule has 0 aliphatic carbocycles. The van der Waals surface area contributed by atoms with Crippen LogP contribution >= 0.6 is 0 Å². The molecule has 12 heavy (non-hydrogen) atoms. The van der Waals surface area contributed by atoms with E-state index in [2.05, 4.69) is 5.32 Å². The van der Waals surface area contributed by atoms with Crippen molar-refractivity contribution in [3.8, 4) is 0 Å². The van der Waals surface area contributed by atoms with Gasteiger partial charge in [-0.25, -0.2) is 0 Å². The van der Waals surface area contributed by atoms with Gasteiger partial charge in [0, 0.05) is 6.92 Å². The fourth-order valence-corrected chi connectivity index (χ4v) is 1.19. The van der Waals surface area contributed by atoms with E-state index in [1.807, 2.05) is 13.8 Å². The molecule has 0 spiro atoms. The summed E-state index contributed by atoms with van der Waals surface area (Å²) in [6.45, 7) is 6.25. The van der Waals surface area contributed by atoms with Gasteiger partial charge in [0.2, 0.25) is 5.91 Å². The first-order valence-corrected chi connectivity index (χ1v) is 4.04. The number of ether oxygens (including phenoxy) is 2. The van der Waals surface area contributed by atoms with Crippen molar-refractivity contribution < 1.29 is 14.3 Å². The molecule has 0 aromatic carbocycles. The predicted octanol–water partition coefficient (Wildman–Crippen LogP) is 0.274. The van der Waals surface area contributed by atoms with Gasteiger partial charge in [0.05, 0.1) is 18.8 Å². The van der Waals surface area contributed by atoms with E-state index in [-0.39, 0.29) is 17.7 Å². The molecule has 1 fully saturated rings. The number of nitrogens with one attached hydrogen (secondary N) is 1. The maximum Gasteiger partial charge on any atom is 0.217 e. The van der Waals surface area contributed by atoms with Crippen LogP contribution in [0.5, 0.6) is 0 Å². The lowest BCUT2D eigenvalue weighted by Crippen LogP contribution is -2.56. The fourth-order valence-electron chi connectivity index (χ4n) is 1.19. The molecule has 1 N–H and O–H groups in total. The highest BCUT2D eigenvalue weighted by Crippen LogP contribution is 2.14. The summed E-state index contributed by atoms with van der Waals surface area (Å²) in [5.74, 6) is -0.0562. The summed E-state index contributed by atoms with van der Waals surface area (Å²) in [4.78, 5) is 10.8. The average Bonchev–Trinajstić information content (AvgIpc) is 1.94. The van der Waals surface area contributed by atoms with Crippen molar-refractivity contribution in [3.63, 3.8) is 0 Å². The van der Waals surface area contributed by atoms with E-state index >= 15 is 0 Å². The number of rotatable bonds is 1. The zero-order chi connectivity index (χ0) is 9.19. The van der Waals surface area contributed by atoms with Crippen molar-refractivity contribution >= 4 is 5.91 Å². The molecule has 0 radical (unpaired) electrons. The van der Waals surface area contributed by atoms with Gasteiger partial charge in [-0.2, -0.15) is 0 Å². The van der Waals surface area contributed by atoms with Crippen molar-refractivity contribution in [3.05, 3.63) is 0 Å². The number of hydrogen-bond acceptors (Lipinski definition) is 3. The highest BCUT2D eigenvalue weighted by Gasteiger charge is 2.31. The van der Waals surface area contributed by atoms with Crippen molar-refractivity contribution in [2.75, 3.05) is 13.2 Å². The van der Waals surface area contributed by atoms with Gasteiger partial charge in [0.15, 0.2) is 6.29 Å².